The molecule has 2 unspecified atom stereocenters. The summed E-state index contributed by atoms with van der Waals surface area (Å²) in [5.74, 6) is -4.57. The van der Waals surface area contributed by atoms with Crippen LogP contribution in [0.5, 0.6) is 0 Å². The number of rotatable bonds is 12. The first-order chi connectivity index (χ1) is 24.3. The van der Waals surface area contributed by atoms with Crippen molar-refractivity contribution in [1.29, 1.82) is 0 Å². The Labute approximate surface area is 292 Å². The molecule has 3 fully saturated rings. The SMILES string of the molecule is CN=C(CCC(N)=NC(=O)Cc1cccc(N2CC(F)(F)C2)n1)C1CCCC(c2ccc(NC(=O)Cc3cccc(N4CC(F)(F)C4)n3)nn2)C1. The highest BCUT2D eigenvalue weighted by molar-refractivity contribution is 5.97. The van der Waals surface area contributed by atoms with E-state index in [1.54, 1.807) is 49.5 Å². The summed E-state index contributed by atoms with van der Waals surface area (Å²) in [5, 5.41) is 11.4. The number of nitrogens with zero attached hydrogens (tertiary/aromatic N) is 8. The Morgan fingerprint density at radius 1 is 0.863 bits per heavy atom. The second-order valence-corrected chi connectivity index (χ2v) is 13.4. The molecule has 2 atom stereocenters. The molecule has 3 aliphatic rings. The zero-order chi connectivity index (χ0) is 36.2. The van der Waals surface area contributed by atoms with Crippen molar-refractivity contribution < 1.29 is 27.2 Å². The van der Waals surface area contributed by atoms with Gasteiger partial charge in [0.2, 0.25) is 5.91 Å². The Morgan fingerprint density at radius 2 is 1.49 bits per heavy atom. The standard InChI is InChI=1S/C35H40F4N10O2/c1-41-26(11-13-28(40)44-32(50)16-24-7-3-9-30(42-24)48-18-34(36,37)19-48)22-5-2-6-23(15-22)27-12-14-29(47-46-27)45-33(51)17-25-8-4-10-31(43-25)49-20-35(38,39)21-49/h3-4,7-10,12,14,22-23H,2,5-6,11,13,15-21H2,1H3,(H2,40,44,50)(H,45,47,51). The van der Waals surface area contributed by atoms with Gasteiger partial charge in [0, 0.05) is 25.1 Å². The molecule has 0 aromatic carbocycles. The van der Waals surface area contributed by atoms with Crippen molar-refractivity contribution in [2.75, 3.05) is 48.3 Å². The summed E-state index contributed by atoms with van der Waals surface area (Å²) >= 11 is 0. The molecule has 16 heteroatoms. The summed E-state index contributed by atoms with van der Waals surface area (Å²) in [6, 6.07) is 13.6. The van der Waals surface area contributed by atoms with Crippen LogP contribution in [0.3, 0.4) is 0 Å². The van der Waals surface area contributed by atoms with E-state index in [9.17, 15) is 27.2 Å². The number of carbonyl (C=O) groups is 2. The summed E-state index contributed by atoms with van der Waals surface area (Å²) in [6.07, 6.45) is 4.47. The molecule has 0 spiro atoms. The third kappa shape index (κ3) is 9.41. The van der Waals surface area contributed by atoms with Crippen molar-refractivity contribution >= 4 is 40.8 Å². The molecule has 12 nitrogen and oxygen atoms in total. The lowest BCUT2D eigenvalue weighted by atomic mass is 9.76. The third-order valence-electron chi connectivity index (χ3n) is 9.30. The fourth-order valence-electron chi connectivity index (χ4n) is 6.74. The van der Waals surface area contributed by atoms with Crippen LogP contribution in [-0.2, 0) is 22.4 Å². The van der Waals surface area contributed by atoms with Crippen LogP contribution in [0.4, 0.5) is 35.0 Å². The molecule has 3 N–H and O–H groups in total. The summed E-state index contributed by atoms with van der Waals surface area (Å²) in [5.41, 5.74) is 8.84. The molecule has 6 rings (SSSR count). The van der Waals surface area contributed by atoms with Gasteiger partial charge in [0.25, 0.3) is 17.8 Å². The molecule has 2 saturated heterocycles. The molecule has 2 amide bonds. The van der Waals surface area contributed by atoms with E-state index < -0.39 is 30.8 Å². The summed E-state index contributed by atoms with van der Waals surface area (Å²) in [7, 11) is 1.75. The van der Waals surface area contributed by atoms with E-state index in [-0.39, 0.29) is 49.5 Å². The van der Waals surface area contributed by atoms with Crippen LogP contribution in [0.1, 0.15) is 61.5 Å². The quantitative estimate of drug-likeness (QED) is 0.156. The third-order valence-corrected chi connectivity index (χ3v) is 9.30. The van der Waals surface area contributed by atoms with Crippen molar-refractivity contribution in [3.63, 3.8) is 0 Å². The van der Waals surface area contributed by atoms with Gasteiger partial charge < -0.3 is 20.9 Å². The molecule has 51 heavy (non-hydrogen) atoms. The number of nitrogens with two attached hydrogens (primary N) is 1. The minimum atomic E-state index is -2.72. The van der Waals surface area contributed by atoms with Gasteiger partial charge in [-0.2, -0.15) is 5.10 Å². The lowest BCUT2D eigenvalue weighted by molar-refractivity contribution is -0.117. The molecule has 1 saturated carbocycles. The second kappa shape index (κ2) is 15.1. The summed E-state index contributed by atoms with van der Waals surface area (Å²) < 4.78 is 53.0. The summed E-state index contributed by atoms with van der Waals surface area (Å²) in [4.78, 5) is 45.5. The predicted molar refractivity (Wildman–Crippen MR) is 185 cm³/mol. The molecule has 0 bridgehead atoms. The molecule has 2 aliphatic heterocycles. The number of hydrogen-bond donors (Lipinski definition) is 2. The number of anilines is 3. The molecule has 0 radical (unpaired) electrons. The van der Waals surface area contributed by atoms with Crippen molar-refractivity contribution in [2.45, 2.75) is 69.1 Å². The smallest absolute Gasteiger partial charge is 0.282 e. The van der Waals surface area contributed by atoms with Gasteiger partial charge in [-0.05, 0) is 68.0 Å². The van der Waals surface area contributed by atoms with Gasteiger partial charge in [0.05, 0.1) is 56.1 Å². The van der Waals surface area contributed by atoms with Gasteiger partial charge in [-0.1, -0.05) is 18.6 Å². The minimum Gasteiger partial charge on any atom is -0.387 e. The number of amides is 2. The van der Waals surface area contributed by atoms with Gasteiger partial charge in [0.15, 0.2) is 5.82 Å². The molecular formula is C35H40F4N10O2. The van der Waals surface area contributed by atoms with Crippen LogP contribution in [0.2, 0.25) is 0 Å². The van der Waals surface area contributed by atoms with Gasteiger partial charge in [-0.25, -0.2) is 32.5 Å². The Morgan fingerprint density at radius 3 is 2.06 bits per heavy atom. The highest BCUT2D eigenvalue weighted by atomic mass is 19.3. The number of halogens is 4. The van der Waals surface area contributed by atoms with Gasteiger partial charge in [0.1, 0.15) is 17.5 Å². The van der Waals surface area contributed by atoms with E-state index in [1.165, 1.54) is 9.80 Å². The maximum Gasteiger partial charge on any atom is 0.282 e. The number of amidine groups is 1. The van der Waals surface area contributed by atoms with Crippen LogP contribution < -0.4 is 20.9 Å². The van der Waals surface area contributed by atoms with E-state index in [4.69, 9.17) is 5.73 Å². The number of alkyl halides is 4. The van der Waals surface area contributed by atoms with Crippen molar-refractivity contribution in [3.05, 3.63) is 65.6 Å². The number of nitrogens with one attached hydrogen (secondary N) is 1. The van der Waals surface area contributed by atoms with Crippen LogP contribution >= 0.6 is 0 Å². The Kier molecular flexibility index (Phi) is 10.6. The first-order valence-corrected chi connectivity index (χ1v) is 17.0. The first kappa shape index (κ1) is 35.8. The van der Waals surface area contributed by atoms with Gasteiger partial charge in [-0.3, -0.25) is 14.6 Å². The number of pyridine rings is 2. The Hall–Kier alpha value is -5.02. The maximum atomic E-state index is 13.3. The van der Waals surface area contributed by atoms with Gasteiger partial charge in [-0.15, -0.1) is 5.10 Å². The number of carbonyl (C=O) groups excluding carboxylic acids is 2. The van der Waals surface area contributed by atoms with E-state index in [2.05, 4.69) is 35.5 Å². The zero-order valence-electron chi connectivity index (χ0n) is 28.2. The zero-order valence-corrected chi connectivity index (χ0v) is 28.2. The monoisotopic (exact) mass is 708 g/mol. The van der Waals surface area contributed by atoms with E-state index in [0.29, 0.717) is 41.7 Å². The molecule has 3 aromatic heterocycles. The number of hydrogen-bond acceptors (Lipinski definition) is 9. The van der Waals surface area contributed by atoms with Crippen molar-refractivity contribution in [3.8, 4) is 0 Å². The Bertz CT molecular complexity index is 1790. The van der Waals surface area contributed by atoms with Crippen LogP contribution in [0.15, 0.2) is 58.5 Å². The lowest BCUT2D eigenvalue weighted by Crippen LogP contribution is -2.56. The van der Waals surface area contributed by atoms with E-state index >= 15 is 0 Å². The number of aliphatic imine (C=N–C) groups is 2. The maximum absolute atomic E-state index is 13.3. The fourth-order valence-corrected chi connectivity index (χ4v) is 6.74. The molecular weight excluding hydrogens is 668 g/mol. The predicted octanol–water partition coefficient (Wildman–Crippen LogP) is 4.61. The van der Waals surface area contributed by atoms with E-state index in [0.717, 1.165) is 37.1 Å². The highest BCUT2D eigenvalue weighted by Crippen LogP contribution is 2.37. The summed E-state index contributed by atoms with van der Waals surface area (Å²) in [6.45, 7) is -1.55. The molecule has 3 aromatic rings. The molecule has 1 aliphatic carbocycles. The van der Waals surface area contributed by atoms with Crippen molar-refractivity contribution in [1.82, 2.24) is 20.2 Å². The second-order valence-electron chi connectivity index (χ2n) is 13.4. The van der Waals surface area contributed by atoms with Gasteiger partial charge >= 0.3 is 0 Å². The molecule has 270 valence electrons. The average Bonchev–Trinajstić information content (AvgIpc) is 3.07. The van der Waals surface area contributed by atoms with Crippen molar-refractivity contribution in [2.24, 2.45) is 21.6 Å². The fraction of sp³-hybridized carbons (Fsp3) is 0.486. The lowest BCUT2D eigenvalue weighted by Gasteiger charge is -2.39. The largest absolute Gasteiger partial charge is 0.387 e. The van der Waals surface area contributed by atoms with Crippen LogP contribution in [-0.4, -0.2) is 88.6 Å². The Balaban J connectivity index is 0.962. The van der Waals surface area contributed by atoms with E-state index in [1.807, 2.05) is 6.07 Å². The first-order valence-electron chi connectivity index (χ1n) is 17.0. The van der Waals surface area contributed by atoms with Crippen LogP contribution in [0.25, 0.3) is 0 Å². The highest BCUT2D eigenvalue weighted by Gasteiger charge is 2.45. The minimum absolute atomic E-state index is 0.0377. The molecule has 5 heterocycles. The van der Waals surface area contributed by atoms with Crippen LogP contribution in [0, 0.1) is 5.92 Å². The normalized spacial score (nSPS) is 21.4. The topological polar surface area (TPSA) is 155 Å². The number of aromatic nitrogens is 4. The average molecular weight is 709 g/mol.